The van der Waals surface area contributed by atoms with E-state index in [1.807, 2.05) is 0 Å². The summed E-state index contributed by atoms with van der Waals surface area (Å²) in [6.45, 7) is 0. The predicted octanol–water partition coefficient (Wildman–Crippen LogP) is 8.03. The summed E-state index contributed by atoms with van der Waals surface area (Å²) in [4.78, 5) is 47.1. The molecule has 0 spiro atoms. The van der Waals surface area contributed by atoms with Crippen LogP contribution in [0.15, 0.2) is 103 Å². The van der Waals surface area contributed by atoms with Crippen LogP contribution in [-0.2, 0) is 29.8 Å². The zero-order chi connectivity index (χ0) is 47.0. The number of aromatic carboxylic acids is 2. The third kappa shape index (κ3) is 9.45. The largest absolute Gasteiger partial charge is 0.505 e. The smallest absolute Gasteiger partial charge is 0.339 e. The van der Waals surface area contributed by atoms with Crippen molar-refractivity contribution >= 4 is 123 Å². The molecule has 6 aromatic rings. The maximum atomic E-state index is 13.0. The van der Waals surface area contributed by atoms with Gasteiger partial charge in [-0.25, -0.2) is 9.59 Å². The summed E-state index contributed by atoms with van der Waals surface area (Å²) in [7, 11) is -7.91. The first-order valence-electron chi connectivity index (χ1n) is 17.2. The van der Waals surface area contributed by atoms with Crippen molar-refractivity contribution in [1.29, 1.82) is 0 Å². The molecule has 2 amide bonds. The zero-order valence-electron chi connectivity index (χ0n) is 32.1. The summed E-state index contributed by atoms with van der Waals surface area (Å²) in [5.74, 6) is -7.26. The van der Waals surface area contributed by atoms with E-state index < -0.39 is 76.7 Å². The molecule has 0 fully saturated rings. The number of halogens is 2. The van der Waals surface area contributed by atoms with E-state index in [9.17, 15) is 65.5 Å². The summed E-state index contributed by atoms with van der Waals surface area (Å²) < 4.78 is 79.8. The molecule has 0 heterocycles. The van der Waals surface area contributed by atoms with Gasteiger partial charge in [0, 0.05) is 34.3 Å². The number of amides is 2. The first-order valence-corrected chi connectivity index (χ1v) is 20.9. The van der Waals surface area contributed by atoms with Crippen molar-refractivity contribution in [3.05, 3.63) is 94.0 Å². The number of methoxy groups -OCH3 is 2. The number of phenols is 2. The predicted molar refractivity (Wildman–Crippen MR) is 226 cm³/mol. The number of phenolic OH excluding ortho intramolecular Hbond substituents is 2. The number of benzene rings is 6. The van der Waals surface area contributed by atoms with Crippen molar-refractivity contribution in [3.8, 4) is 23.0 Å². The molecule has 0 aliphatic carbocycles. The van der Waals surface area contributed by atoms with Gasteiger partial charge >= 0.3 is 23.8 Å². The Kier molecular flexibility index (Phi) is 12.7. The number of fused-ring (bicyclic) bond motifs is 2. The number of carboxylic acids is 2. The summed E-state index contributed by atoms with van der Waals surface area (Å²) in [5, 5.41) is 59.8. The summed E-state index contributed by atoms with van der Waals surface area (Å²) in [5.41, 5.74) is -2.74. The van der Waals surface area contributed by atoms with Crippen LogP contribution in [0.4, 0.5) is 34.1 Å². The molecule has 0 radical (unpaired) electrons. The van der Waals surface area contributed by atoms with Gasteiger partial charge in [0.2, 0.25) is 0 Å². The van der Waals surface area contributed by atoms with Gasteiger partial charge in [-0.15, -0.1) is 20.5 Å². The van der Waals surface area contributed by atoms with Gasteiger partial charge in [0.1, 0.15) is 55.2 Å². The van der Waals surface area contributed by atoms with Crippen LogP contribution in [0.2, 0.25) is 10.0 Å². The molecule has 0 atom stereocenters. The van der Waals surface area contributed by atoms with Crippen molar-refractivity contribution in [2.75, 3.05) is 24.9 Å². The van der Waals surface area contributed by atoms with Crippen molar-refractivity contribution in [3.63, 3.8) is 0 Å². The van der Waals surface area contributed by atoms with E-state index >= 15 is 0 Å². The standard InChI is InChI=1S/C38H26Cl2N6O16S2/c1-61-27-13-25(23(39)11-21(27)37(51)52)43-45-31-29(63(55,56)57)9-15-7-17(3-5-19(15)33(31)47)41-35(49)36(50)42-18-4-6-20-16(8-18)10-30(64(58,59)60)32(34(20)48)46-44-26-14-28(62-2)22(38(53)54)12-24(26)40/h3-14,47-48H,1-2H3,(H,41,49)(H,42,50)(H,51,52)(H,53,54)(H,55,56,57)(H,58,59,60). The van der Waals surface area contributed by atoms with Crippen molar-refractivity contribution < 1.29 is 75.0 Å². The second-order valence-corrected chi connectivity index (χ2v) is 16.5. The number of nitrogens with one attached hydrogen (secondary N) is 2. The molecule has 6 rings (SSSR count). The highest BCUT2D eigenvalue weighted by atomic mass is 35.5. The maximum absolute atomic E-state index is 13.0. The minimum atomic E-state index is -5.13. The Morgan fingerprint density at radius 2 is 0.922 bits per heavy atom. The van der Waals surface area contributed by atoms with Crippen LogP contribution in [0.5, 0.6) is 23.0 Å². The number of rotatable bonds is 12. The minimum absolute atomic E-state index is 0.0690. The van der Waals surface area contributed by atoms with Crippen LogP contribution >= 0.6 is 23.2 Å². The zero-order valence-corrected chi connectivity index (χ0v) is 35.2. The summed E-state index contributed by atoms with van der Waals surface area (Å²) >= 11 is 12.3. The molecule has 0 aliphatic heterocycles. The molecule has 22 nitrogen and oxygen atoms in total. The van der Waals surface area contributed by atoms with Crippen LogP contribution in [-0.4, -0.2) is 84.3 Å². The number of aromatic hydroxyl groups is 2. The number of carboxylic acid groups (broad SMARTS) is 2. The fourth-order valence-corrected chi connectivity index (χ4v) is 7.66. The Bertz CT molecular complexity index is 3090. The van der Waals surface area contributed by atoms with Gasteiger partial charge in [0.15, 0.2) is 11.5 Å². The van der Waals surface area contributed by atoms with Gasteiger partial charge in [-0.3, -0.25) is 18.7 Å². The molecule has 0 bridgehead atoms. The Morgan fingerprint density at radius 3 is 1.23 bits per heavy atom. The Labute approximate surface area is 368 Å². The quantitative estimate of drug-likeness (QED) is 0.0327. The van der Waals surface area contributed by atoms with E-state index in [1.54, 1.807) is 0 Å². The molecule has 0 aliphatic rings. The van der Waals surface area contributed by atoms with Crippen LogP contribution in [0.3, 0.4) is 0 Å². The van der Waals surface area contributed by atoms with E-state index in [1.165, 1.54) is 38.5 Å². The molecule has 26 heteroatoms. The average molecular weight is 958 g/mol. The molecule has 64 heavy (non-hydrogen) atoms. The fourth-order valence-electron chi connectivity index (χ4n) is 5.94. The lowest BCUT2D eigenvalue weighted by Gasteiger charge is -2.12. The summed E-state index contributed by atoms with van der Waals surface area (Å²) in [6, 6.07) is 13.1. The lowest BCUT2D eigenvalue weighted by Crippen LogP contribution is -2.29. The Morgan fingerprint density at radius 1 is 0.562 bits per heavy atom. The number of anilines is 2. The highest BCUT2D eigenvalue weighted by Crippen LogP contribution is 2.45. The third-order valence-electron chi connectivity index (χ3n) is 8.89. The number of azo groups is 2. The normalized spacial score (nSPS) is 11.9. The monoisotopic (exact) mass is 956 g/mol. The number of carbonyl (C=O) groups is 4. The van der Waals surface area contributed by atoms with Crippen LogP contribution in [0.1, 0.15) is 20.7 Å². The van der Waals surface area contributed by atoms with E-state index in [-0.39, 0.29) is 77.0 Å². The second kappa shape index (κ2) is 17.7. The highest BCUT2D eigenvalue weighted by Gasteiger charge is 2.26. The van der Waals surface area contributed by atoms with Gasteiger partial charge in [0.05, 0.1) is 24.3 Å². The van der Waals surface area contributed by atoms with Gasteiger partial charge in [-0.1, -0.05) is 23.2 Å². The number of hydrogen-bond donors (Lipinski definition) is 8. The number of ether oxygens (including phenoxy) is 2. The van der Waals surface area contributed by atoms with Gasteiger partial charge in [-0.2, -0.15) is 16.8 Å². The molecular weight excluding hydrogens is 931 g/mol. The first kappa shape index (κ1) is 46.0. The lowest BCUT2D eigenvalue weighted by atomic mass is 10.1. The topological polar surface area (TPSA) is 350 Å². The number of nitrogens with zero attached hydrogens (tertiary/aromatic N) is 4. The van der Waals surface area contributed by atoms with Gasteiger partial charge in [0.25, 0.3) is 20.2 Å². The van der Waals surface area contributed by atoms with Crippen LogP contribution in [0.25, 0.3) is 21.5 Å². The highest BCUT2D eigenvalue weighted by molar-refractivity contribution is 7.86. The van der Waals surface area contributed by atoms with E-state index in [2.05, 4.69) is 31.1 Å². The van der Waals surface area contributed by atoms with Gasteiger partial charge in [-0.05, 0) is 71.4 Å². The SMILES string of the molecule is COc1cc(N=Nc2c(S(=O)(=O)O)cc3cc(NC(=O)C(=O)Nc4ccc5c(O)c(N=Nc6cc(OC)c(C(=O)O)cc6Cl)c(S(=O)(=O)O)cc5c4)ccc3c2O)c(Cl)cc1C(=O)O. The van der Waals surface area contributed by atoms with E-state index in [0.717, 1.165) is 48.5 Å². The average Bonchev–Trinajstić information content (AvgIpc) is 3.22. The molecule has 0 saturated carbocycles. The molecule has 0 aromatic heterocycles. The van der Waals surface area contributed by atoms with Crippen molar-refractivity contribution in [2.24, 2.45) is 20.5 Å². The van der Waals surface area contributed by atoms with Crippen molar-refractivity contribution in [2.45, 2.75) is 9.79 Å². The molecular formula is C38H26Cl2N6O16S2. The maximum Gasteiger partial charge on any atom is 0.339 e. The van der Waals surface area contributed by atoms with E-state index in [4.69, 9.17) is 32.7 Å². The van der Waals surface area contributed by atoms with Crippen LogP contribution < -0.4 is 20.1 Å². The number of hydrogen-bond acceptors (Lipinski definition) is 16. The minimum Gasteiger partial charge on any atom is -0.505 e. The van der Waals surface area contributed by atoms with Crippen molar-refractivity contribution in [1.82, 2.24) is 0 Å². The van der Waals surface area contributed by atoms with Crippen LogP contribution in [0, 0.1) is 0 Å². The Balaban J connectivity index is 1.26. The second-order valence-electron chi connectivity index (χ2n) is 12.9. The molecule has 0 saturated heterocycles. The summed E-state index contributed by atoms with van der Waals surface area (Å²) in [6.07, 6.45) is 0. The van der Waals surface area contributed by atoms with Gasteiger partial charge < -0.3 is 40.5 Å². The first-order chi connectivity index (χ1) is 30.0. The van der Waals surface area contributed by atoms with E-state index in [0.29, 0.717) is 0 Å². The molecule has 0 unspecified atom stereocenters. The molecule has 330 valence electrons. The lowest BCUT2D eigenvalue weighted by molar-refractivity contribution is -0.132. The molecule has 6 aromatic carbocycles. The Hall–Kier alpha value is -7.48. The third-order valence-corrected chi connectivity index (χ3v) is 11.2. The fraction of sp³-hybridized carbons (Fsp3) is 0.0526. The number of carbonyl (C=O) groups excluding carboxylic acids is 2. The molecule has 8 N–H and O–H groups in total.